The lowest BCUT2D eigenvalue weighted by atomic mass is 10.1. The van der Waals surface area contributed by atoms with E-state index in [0.29, 0.717) is 32.8 Å². The summed E-state index contributed by atoms with van der Waals surface area (Å²) in [4.78, 5) is 16.6. The molecule has 166 valence electrons. The molecule has 1 N–H and O–H groups in total. The van der Waals surface area contributed by atoms with Gasteiger partial charge in [-0.05, 0) is 55.5 Å². The highest BCUT2D eigenvalue weighted by Crippen LogP contribution is 2.28. The molecule has 0 radical (unpaired) electrons. The van der Waals surface area contributed by atoms with Crippen molar-refractivity contribution in [2.24, 2.45) is 0 Å². The summed E-state index contributed by atoms with van der Waals surface area (Å²) >= 11 is 0. The van der Waals surface area contributed by atoms with Crippen LogP contribution in [-0.2, 0) is 0 Å². The topological polar surface area (TPSA) is 79.8 Å². The molecule has 4 rings (SSSR count). The highest BCUT2D eigenvalue weighted by Gasteiger charge is 2.22. The van der Waals surface area contributed by atoms with Crippen molar-refractivity contribution in [1.82, 2.24) is 15.1 Å². The summed E-state index contributed by atoms with van der Waals surface area (Å²) in [5, 5.41) is 11.7. The molecule has 8 nitrogen and oxygen atoms in total. The number of para-hydroxylation sites is 1. The molecule has 8 heteroatoms. The Morgan fingerprint density at radius 2 is 1.72 bits per heavy atom. The highest BCUT2D eigenvalue weighted by atomic mass is 16.5. The average molecular weight is 434 g/mol. The average Bonchev–Trinajstić information content (AvgIpc) is 2.85. The third kappa shape index (κ3) is 4.91. The van der Waals surface area contributed by atoms with Gasteiger partial charge in [-0.3, -0.25) is 0 Å². The Balaban J connectivity index is 1.32. The Morgan fingerprint density at radius 1 is 0.969 bits per heavy atom. The van der Waals surface area contributed by atoms with Gasteiger partial charge in [-0.2, -0.15) is 0 Å². The fraction of sp³-hybridized carbons (Fsp3) is 0.292. The molecule has 0 saturated carbocycles. The zero-order valence-electron chi connectivity index (χ0n) is 18.3. The number of nitrogens with zero attached hydrogens (tertiary/aromatic N) is 4. The van der Waals surface area contributed by atoms with Gasteiger partial charge in [0.1, 0.15) is 11.5 Å². The Labute approximate surface area is 187 Å². The van der Waals surface area contributed by atoms with E-state index in [1.807, 2.05) is 72.5 Å². The van der Waals surface area contributed by atoms with Gasteiger partial charge in [0.2, 0.25) is 0 Å². The number of hydrogen-bond donors (Lipinski definition) is 1. The van der Waals surface area contributed by atoms with Crippen molar-refractivity contribution in [3.8, 4) is 22.8 Å². The largest absolute Gasteiger partial charge is 0.496 e. The summed E-state index contributed by atoms with van der Waals surface area (Å²) in [6, 6.07) is 18.9. The molecule has 0 unspecified atom stereocenters. The first-order valence-electron chi connectivity index (χ1n) is 10.7. The van der Waals surface area contributed by atoms with Crippen LogP contribution in [0.3, 0.4) is 0 Å². The van der Waals surface area contributed by atoms with Crippen molar-refractivity contribution in [3.05, 3.63) is 60.7 Å². The van der Waals surface area contributed by atoms with Gasteiger partial charge < -0.3 is 24.6 Å². The standard InChI is InChI=1S/C24H27N5O3/c1-3-32-19-10-8-18(9-11-19)25-24(30)29-16-14-28(15-17-29)23-13-12-21(26-27-23)20-6-4-5-7-22(20)31-2/h4-13H,3,14-17H2,1-2H3,(H,25,30). The molecule has 0 atom stereocenters. The minimum Gasteiger partial charge on any atom is -0.496 e. The Morgan fingerprint density at radius 3 is 2.38 bits per heavy atom. The number of carbonyl (C=O) groups is 1. The summed E-state index contributed by atoms with van der Waals surface area (Å²) in [6.45, 7) is 5.16. The lowest BCUT2D eigenvalue weighted by molar-refractivity contribution is 0.208. The zero-order valence-corrected chi connectivity index (χ0v) is 18.3. The molecule has 0 aliphatic carbocycles. The Hall–Kier alpha value is -3.81. The molecule has 2 heterocycles. The third-order valence-electron chi connectivity index (χ3n) is 5.34. The molecule has 32 heavy (non-hydrogen) atoms. The van der Waals surface area contributed by atoms with Crippen LogP contribution in [0.2, 0.25) is 0 Å². The number of urea groups is 1. The van der Waals surface area contributed by atoms with Gasteiger partial charge in [0, 0.05) is 37.4 Å². The Kier molecular flexibility index (Phi) is 6.69. The number of benzene rings is 2. The third-order valence-corrected chi connectivity index (χ3v) is 5.34. The van der Waals surface area contributed by atoms with Gasteiger partial charge in [0.05, 0.1) is 19.4 Å². The fourth-order valence-electron chi connectivity index (χ4n) is 3.64. The molecule has 1 fully saturated rings. The van der Waals surface area contributed by atoms with Crippen molar-refractivity contribution in [2.45, 2.75) is 6.92 Å². The first-order valence-corrected chi connectivity index (χ1v) is 10.7. The zero-order chi connectivity index (χ0) is 22.3. The van der Waals surface area contributed by atoms with E-state index >= 15 is 0 Å². The number of ether oxygens (including phenoxy) is 2. The summed E-state index contributed by atoms with van der Waals surface area (Å²) in [5.74, 6) is 2.36. The summed E-state index contributed by atoms with van der Waals surface area (Å²) in [5.41, 5.74) is 2.42. The van der Waals surface area contributed by atoms with Gasteiger partial charge in [-0.1, -0.05) is 12.1 Å². The van der Waals surface area contributed by atoms with Crippen LogP contribution >= 0.6 is 0 Å². The Bertz CT molecular complexity index is 1030. The molecular weight excluding hydrogens is 406 g/mol. The van der Waals surface area contributed by atoms with Gasteiger partial charge >= 0.3 is 6.03 Å². The fourth-order valence-corrected chi connectivity index (χ4v) is 3.64. The second-order valence-corrected chi connectivity index (χ2v) is 7.34. The summed E-state index contributed by atoms with van der Waals surface area (Å²) in [6.07, 6.45) is 0. The monoisotopic (exact) mass is 433 g/mol. The molecule has 1 aliphatic rings. The molecular formula is C24H27N5O3. The molecule has 2 aromatic carbocycles. The van der Waals surface area contributed by atoms with Crippen LogP contribution in [0.25, 0.3) is 11.3 Å². The van der Waals surface area contributed by atoms with Crippen LogP contribution in [0.1, 0.15) is 6.92 Å². The van der Waals surface area contributed by atoms with Crippen LogP contribution < -0.4 is 19.7 Å². The predicted octanol–water partition coefficient (Wildman–Crippen LogP) is 3.91. The first-order chi connectivity index (χ1) is 15.7. The smallest absolute Gasteiger partial charge is 0.321 e. The number of nitrogens with one attached hydrogen (secondary N) is 1. The number of rotatable bonds is 6. The minimum absolute atomic E-state index is 0.105. The van der Waals surface area contributed by atoms with E-state index in [9.17, 15) is 4.79 Å². The molecule has 1 aliphatic heterocycles. The lowest BCUT2D eigenvalue weighted by Gasteiger charge is -2.35. The summed E-state index contributed by atoms with van der Waals surface area (Å²) in [7, 11) is 1.65. The van der Waals surface area contributed by atoms with Crippen LogP contribution in [-0.4, -0.2) is 61.0 Å². The van der Waals surface area contributed by atoms with E-state index in [1.54, 1.807) is 7.11 Å². The van der Waals surface area contributed by atoms with Gasteiger partial charge in [-0.25, -0.2) is 4.79 Å². The van der Waals surface area contributed by atoms with E-state index in [1.165, 1.54) is 0 Å². The molecule has 0 spiro atoms. The molecule has 1 aromatic heterocycles. The van der Waals surface area contributed by atoms with E-state index in [2.05, 4.69) is 20.4 Å². The molecule has 3 aromatic rings. The number of aromatic nitrogens is 2. The molecule has 0 bridgehead atoms. The quantitative estimate of drug-likeness (QED) is 0.635. The highest BCUT2D eigenvalue weighted by molar-refractivity contribution is 5.89. The maximum atomic E-state index is 12.6. The maximum Gasteiger partial charge on any atom is 0.321 e. The van der Waals surface area contributed by atoms with Crippen LogP contribution in [0.15, 0.2) is 60.7 Å². The van der Waals surface area contributed by atoms with Crippen LogP contribution in [0.5, 0.6) is 11.5 Å². The minimum atomic E-state index is -0.105. The maximum absolute atomic E-state index is 12.6. The van der Waals surface area contributed by atoms with E-state index in [4.69, 9.17) is 9.47 Å². The number of hydrogen-bond acceptors (Lipinski definition) is 6. The normalized spacial score (nSPS) is 13.6. The van der Waals surface area contributed by atoms with Gasteiger partial charge in [0.15, 0.2) is 5.82 Å². The van der Waals surface area contributed by atoms with E-state index in [0.717, 1.165) is 34.3 Å². The lowest BCUT2D eigenvalue weighted by Crippen LogP contribution is -2.50. The predicted molar refractivity (Wildman–Crippen MR) is 124 cm³/mol. The second-order valence-electron chi connectivity index (χ2n) is 7.34. The van der Waals surface area contributed by atoms with E-state index in [-0.39, 0.29) is 6.03 Å². The number of piperazine rings is 1. The van der Waals surface area contributed by atoms with Crippen LogP contribution in [0, 0.1) is 0 Å². The van der Waals surface area contributed by atoms with Gasteiger partial charge in [0.25, 0.3) is 0 Å². The second kappa shape index (κ2) is 10.00. The van der Waals surface area contributed by atoms with E-state index < -0.39 is 0 Å². The van der Waals surface area contributed by atoms with Crippen molar-refractivity contribution in [3.63, 3.8) is 0 Å². The first kappa shape index (κ1) is 21.4. The molecule has 2 amide bonds. The number of amides is 2. The number of carbonyl (C=O) groups excluding carboxylic acids is 1. The van der Waals surface area contributed by atoms with Crippen molar-refractivity contribution < 1.29 is 14.3 Å². The van der Waals surface area contributed by atoms with Crippen molar-refractivity contribution >= 4 is 17.5 Å². The van der Waals surface area contributed by atoms with Crippen molar-refractivity contribution in [2.75, 3.05) is 50.1 Å². The number of methoxy groups -OCH3 is 1. The molecule has 1 saturated heterocycles. The summed E-state index contributed by atoms with van der Waals surface area (Å²) < 4.78 is 10.8. The van der Waals surface area contributed by atoms with Crippen LogP contribution in [0.4, 0.5) is 16.3 Å². The SMILES string of the molecule is CCOc1ccc(NC(=O)N2CCN(c3ccc(-c4ccccc4OC)nn3)CC2)cc1. The van der Waals surface area contributed by atoms with Gasteiger partial charge in [-0.15, -0.1) is 10.2 Å². The number of anilines is 2. The van der Waals surface area contributed by atoms with Crippen molar-refractivity contribution in [1.29, 1.82) is 0 Å².